The Balaban J connectivity index is 1.84. The molecule has 0 radical (unpaired) electrons. The van der Waals surface area contributed by atoms with Gasteiger partial charge in [0.1, 0.15) is 0 Å². The smallest absolute Gasteiger partial charge is 0.0377 e. The number of benzene rings is 1. The molecule has 3 rings (SSSR count). The fraction of sp³-hybridized carbons (Fsp3) is 0.647. The van der Waals surface area contributed by atoms with Gasteiger partial charge in [-0.3, -0.25) is 0 Å². The van der Waals surface area contributed by atoms with E-state index in [-0.39, 0.29) is 0 Å². The Morgan fingerprint density at radius 1 is 1.00 bits per heavy atom. The van der Waals surface area contributed by atoms with Gasteiger partial charge in [-0.05, 0) is 55.6 Å². The van der Waals surface area contributed by atoms with Crippen LogP contribution in [0.15, 0.2) is 24.3 Å². The van der Waals surface area contributed by atoms with Gasteiger partial charge in [-0.15, -0.1) is 0 Å². The molecule has 1 N–H and O–H groups in total. The minimum Gasteiger partial charge on any atom is -0.382 e. The van der Waals surface area contributed by atoms with E-state index in [1.54, 1.807) is 5.56 Å². The molecule has 1 fully saturated rings. The third-order valence-electron chi connectivity index (χ3n) is 5.00. The molecule has 2 aliphatic rings. The predicted molar refractivity (Wildman–Crippen MR) is 78.0 cm³/mol. The van der Waals surface area contributed by atoms with Gasteiger partial charge in [-0.25, -0.2) is 0 Å². The van der Waals surface area contributed by atoms with Gasteiger partial charge < -0.3 is 5.32 Å². The highest BCUT2D eigenvalue weighted by molar-refractivity contribution is 5.55. The van der Waals surface area contributed by atoms with Crippen LogP contribution < -0.4 is 5.32 Å². The van der Waals surface area contributed by atoms with Crippen LogP contribution in [0.4, 0.5) is 5.69 Å². The fourth-order valence-corrected chi connectivity index (χ4v) is 3.92. The van der Waals surface area contributed by atoms with Crippen molar-refractivity contribution >= 4 is 5.69 Å². The van der Waals surface area contributed by atoms with Crippen LogP contribution in [0.3, 0.4) is 0 Å². The molecule has 98 valence electrons. The third kappa shape index (κ3) is 2.28. The lowest BCUT2D eigenvalue weighted by molar-refractivity contribution is 0.241. The summed E-state index contributed by atoms with van der Waals surface area (Å²) in [5, 5.41) is 3.64. The molecule has 0 bridgehead atoms. The van der Waals surface area contributed by atoms with Crippen LogP contribution in [0.2, 0.25) is 0 Å². The zero-order valence-electron chi connectivity index (χ0n) is 11.7. The first kappa shape index (κ1) is 12.1. The quantitative estimate of drug-likeness (QED) is 0.747. The number of nitrogens with one attached hydrogen (secondary N) is 1. The highest BCUT2D eigenvalue weighted by Gasteiger charge is 2.32. The summed E-state index contributed by atoms with van der Waals surface area (Å²) in [6, 6.07) is 9.59. The molecule has 1 aliphatic carbocycles. The van der Waals surface area contributed by atoms with Crippen LogP contribution in [-0.2, 0) is 0 Å². The summed E-state index contributed by atoms with van der Waals surface area (Å²) in [6.45, 7) is 4.74. The van der Waals surface area contributed by atoms with Crippen molar-refractivity contribution in [2.75, 3.05) is 5.32 Å². The van der Waals surface area contributed by atoms with Gasteiger partial charge in [0.05, 0.1) is 0 Å². The van der Waals surface area contributed by atoms with E-state index in [0.29, 0.717) is 6.04 Å². The van der Waals surface area contributed by atoms with Crippen molar-refractivity contribution in [2.45, 2.75) is 57.9 Å². The second-order valence-corrected chi connectivity index (χ2v) is 6.49. The summed E-state index contributed by atoms with van der Waals surface area (Å²) in [5.41, 5.74) is 2.97. The first-order chi connectivity index (χ1) is 8.74. The monoisotopic (exact) mass is 243 g/mol. The first-order valence-electron chi connectivity index (χ1n) is 7.59. The van der Waals surface area contributed by atoms with Crippen LogP contribution in [0.5, 0.6) is 0 Å². The third-order valence-corrected chi connectivity index (χ3v) is 5.00. The molecule has 0 saturated heterocycles. The molecular weight excluding hydrogens is 218 g/mol. The lowest BCUT2D eigenvalue weighted by Crippen LogP contribution is -2.30. The van der Waals surface area contributed by atoms with E-state index in [0.717, 1.165) is 17.8 Å². The molecule has 1 heteroatoms. The van der Waals surface area contributed by atoms with Crippen molar-refractivity contribution in [1.82, 2.24) is 0 Å². The van der Waals surface area contributed by atoms with Crippen molar-refractivity contribution in [3.8, 4) is 0 Å². The second kappa shape index (κ2) is 4.95. The molecule has 1 nitrogen and oxygen atoms in total. The van der Waals surface area contributed by atoms with Gasteiger partial charge in [0.25, 0.3) is 0 Å². The lowest BCUT2D eigenvalue weighted by atomic mass is 9.70. The average molecular weight is 243 g/mol. The zero-order chi connectivity index (χ0) is 12.5. The highest BCUT2D eigenvalue weighted by atomic mass is 14.9. The Kier molecular flexibility index (Phi) is 3.32. The Bertz CT molecular complexity index is 404. The summed E-state index contributed by atoms with van der Waals surface area (Å²) in [5.74, 6) is 2.67. The Morgan fingerprint density at radius 3 is 2.50 bits per heavy atom. The number of fused-ring (bicyclic) bond motifs is 1. The summed E-state index contributed by atoms with van der Waals surface area (Å²) >= 11 is 0. The van der Waals surface area contributed by atoms with Gasteiger partial charge in [-0.1, -0.05) is 38.0 Å². The van der Waals surface area contributed by atoms with E-state index in [1.165, 1.54) is 37.8 Å². The molecule has 1 heterocycles. The van der Waals surface area contributed by atoms with Gasteiger partial charge >= 0.3 is 0 Å². The minimum absolute atomic E-state index is 0.629. The van der Waals surface area contributed by atoms with E-state index in [4.69, 9.17) is 0 Å². The van der Waals surface area contributed by atoms with Crippen LogP contribution in [0, 0.1) is 11.8 Å². The first-order valence-corrected chi connectivity index (χ1v) is 7.59. The summed E-state index contributed by atoms with van der Waals surface area (Å²) in [7, 11) is 0. The molecule has 2 unspecified atom stereocenters. The Hall–Kier alpha value is -0.980. The van der Waals surface area contributed by atoms with Crippen LogP contribution in [-0.4, -0.2) is 6.04 Å². The van der Waals surface area contributed by atoms with E-state index < -0.39 is 0 Å². The van der Waals surface area contributed by atoms with Gasteiger partial charge in [0.2, 0.25) is 0 Å². The number of para-hydroxylation sites is 1. The van der Waals surface area contributed by atoms with Crippen LogP contribution >= 0.6 is 0 Å². The zero-order valence-corrected chi connectivity index (χ0v) is 11.7. The largest absolute Gasteiger partial charge is 0.382 e. The van der Waals surface area contributed by atoms with Crippen molar-refractivity contribution < 1.29 is 0 Å². The predicted octanol–water partition coefficient (Wildman–Crippen LogP) is 4.80. The molecule has 0 aromatic heterocycles. The van der Waals surface area contributed by atoms with E-state index in [9.17, 15) is 0 Å². The topological polar surface area (TPSA) is 12.0 Å². The molecule has 1 saturated carbocycles. The molecule has 18 heavy (non-hydrogen) atoms. The molecule has 1 aromatic rings. The molecule has 0 spiro atoms. The highest BCUT2D eigenvalue weighted by Crippen LogP contribution is 2.45. The summed E-state index contributed by atoms with van der Waals surface area (Å²) < 4.78 is 0. The number of anilines is 1. The van der Waals surface area contributed by atoms with E-state index >= 15 is 0 Å². The number of rotatable bonds is 1. The number of hydrogen-bond acceptors (Lipinski definition) is 1. The van der Waals surface area contributed by atoms with Gasteiger partial charge in [0.15, 0.2) is 0 Å². The molecule has 2 atom stereocenters. The van der Waals surface area contributed by atoms with Crippen molar-refractivity contribution in [3.63, 3.8) is 0 Å². The number of hydrogen-bond donors (Lipinski definition) is 1. The lowest BCUT2D eigenvalue weighted by Gasteiger charge is -2.39. The second-order valence-electron chi connectivity index (χ2n) is 6.49. The Labute approximate surface area is 111 Å². The standard InChI is InChI=1S/C17H25N/c1-12-7-9-14(10-8-12)16-11-13(2)18-17-6-4-3-5-15(16)17/h3-6,12-14,16,18H,7-11H2,1-2H3. The van der Waals surface area contributed by atoms with Crippen molar-refractivity contribution in [1.29, 1.82) is 0 Å². The van der Waals surface area contributed by atoms with Gasteiger partial charge in [-0.2, -0.15) is 0 Å². The summed E-state index contributed by atoms with van der Waals surface area (Å²) in [4.78, 5) is 0. The maximum absolute atomic E-state index is 3.64. The SMILES string of the molecule is CC1CCC(C2CC(C)Nc3ccccc32)CC1. The summed E-state index contributed by atoms with van der Waals surface area (Å²) in [6.07, 6.45) is 7.06. The van der Waals surface area contributed by atoms with E-state index in [2.05, 4.69) is 43.4 Å². The van der Waals surface area contributed by atoms with Crippen molar-refractivity contribution in [3.05, 3.63) is 29.8 Å². The van der Waals surface area contributed by atoms with E-state index in [1.807, 2.05) is 0 Å². The molecule has 1 aliphatic heterocycles. The minimum atomic E-state index is 0.629. The fourth-order valence-electron chi connectivity index (χ4n) is 3.92. The molecular formula is C17H25N. The average Bonchev–Trinajstić information content (AvgIpc) is 2.38. The molecule has 1 aromatic carbocycles. The van der Waals surface area contributed by atoms with Crippen LogP contribution in [0.25, 0.3) is 0 Å². The van der Waals surface area contributed by atoms with Crippen molar-refractivity contribution in [2.24, 2.45) is 11.8 Å². The maximum Gasteiger partial charge on any atom is 0.0377 e. The normalized spacial score (nSPS) is 35.7. The maximum atomic E-state index is 3.64. The van der Waals surface area contributed by atoms with Gasteiger partial charge in [0, 0.05) is 11.7 Å². The van der Waals surface area contributed by atoms with Crippen LogP contribution in [0.1, 0.15) is 57.4 Å². The Morgan fingerprint density at radius 2 is 1.72 bits per heavy atom. The molecule has 0 amide bonds.